The highest BCUT2D eigenvalue weighted by Gasteiger charge is 2.45. The molecule has 0 radical (unpaired) electrons. The molecule has 3 rings (SSSR count). The molecule has 1 aliphatic rings. The van der Waals surface area contributed by atoms with Crippen LogP contribution in [0.25, 0.3) is 11.2 Å². The second kappa shape index (κ2) is 5.78. The number of nitrogens with two attached hydrogens (primary N) is 1. The van der Waals surface area contributed by atoms with E-state index in [4.69, 9.17) is 19.9 Å². The highest BCUT2D eigenvalue weighted by Crippen LogP contribution is 2.39. The van der Waals surface area contributed by atoms with E-state index in [2.05, 4.69) is 15.0 Å². The van der Waals surface area contributed by atoms with Crippen molar-refractivity contribution in [3.8, 4) is 0 Å². The molecular formula is C11H16N5O6P. The van der Waals surface area contributed by atoms with Gasteiger partial charge in [0.2, 0.25) is 0 Å². The van der Waals surface area contributed by atoms with Crippen LogP contribution in [0.1, 0.15) is 6.23 Å². The van der Waals surface area contributed by atoms with Crippen LogP contribution in [-0.4, -0.2) is 66.2 Å². The minimum atomic E-state index is -3.72. The van der Waals surface area contributed by atoms with Crippen molar-refractivity contribution >= 4 is 24.6 Å². The summed E-state index contributed by atoms with van der Waals surface area (Å²) in [5, 5.41) is 20.2. The summed E-state index contributed by atoms with van der Waals surface area (Å²) in [5.41, 5.74) is 6.37. The first-order valence-electron chi connectivity index (χ1n) is 6.67. The van der Waals surface area contributed by atoms with E-state index < -0.39 is 32.1 Å². The number of hydrogen-bond donors (Lipinski definition) is 4. The van der Waals surface area contributed by atoms with Crippen LogP contribution in [0.15, 0.2) is 12.7 Å². The molecule has 23 heavy (non-hydrogen) atoms. The fraction of sp³-hybridized carbons (Fsp3) is 0.545. The van der Waals surface area contributed by atoms with Gasteiger partial charge in [0, 0.05) is 6.66 Å². The quantitative estimate of drug-likeness (QED) is 0.497. The molecule has 1 aliphatic heterocycles. The van der Waals surface area contributed by atoms with Crippen molar-refractivity contribution in [1.82, 2.24) is 19.5 Å². The van der Waals surface area contributed by atoms with Gasteiger partial charge in [-0.1, -0.05) is 0 Å². The van der Waals surface area contributed by atoms with Gasteiger partial charge in [-0.05, 0) is 0 Å². The number of fused-ring (bicyclic) bond motifs is 1. The molecule has 5 atom stereocenters. The van der Waals surface area contributed by atoms with E-state index in [1.807, 2.05) is 0 Å². The Labute approximate surface area is 130 Å². The molecule has 0 bridgehead atoms. The standard InChI is InChI=1S/C11H16N5O6P/c1-23(19,20)21-2-5-7(17)8(18)11(22-5)16-4-15-6-9(12)13-3-14-10(6)16/h3-5,7-8,11,17-18H,2H2,1H3,(H,19,20)(H2,12,13,14). The largest absolute Gasteiger partial charge is 0.387 e. The normalized spacial score (nSPS) is 30.6. The van der Waals surface area contributed by atoms with Gasteiger partial charge < -0.3 is 30.1 Å². The first-order valence-corrected chi connectivity index (χ1v) is 8.70. The Morgan fingerprint density at radius 3 is 2.83 bits per heavy atom. The Morgan fingerprint density at radius 2 is 2.13 bits per heavy atom. The lowest BCUT2D eigenvalue weighted by Gasteiger charge is -2.16. The highest BCUT2D eigenvalue weighted by atomic mass is 31.2. The van der Waals surface area contributed by atoms with Gasteiger partial charge in [0.1, 0.15) is 30.2 Å². The van der Waals surface area contributed by atoms with Crippen molar-refractivity contribution < 1.29 is 28.9 Å². The lowest BCUT2D eigenvalue weighted by molar-refractivity contribution is -0.0483. The Bertz CT molecular complexity index is 762. The van der Waals surface area contributed by atoms with E-state index in [0.717, 1.165) is 6.66 Å². The molecule has 1 saturated heterocycles. The van der Waals surface area contributed by atoms with Crippen molar-refractivity contribution in [3.05, 3.63) is 12.7 Å². The lowest BCUT2D eigenvalue weighted by atomic mass is 10.1. The number of nitrogen functional groups attached to an aromatic ring is 1. The maximum atomic E-state index is 11.2. The molecule has 5 N–H and O–H groups in total. The van der Waals surface area contributed by atoms with Gasteiger partial charge in [-0.15, -0.1) is 0 Å². The first kappa shape index (κ1) is 16.2. The number of rotatable bonds is 4. The number of anilines is 1. The number of nitrogens with zero attached hydrogens (tertiary/aromatic N) is 4. The molecule has 0 amide bonds. The van der Waals surface area contributed by atoms with Crippen LogP contribution in [0.5, 0.6) is 0 Å². The minimum Gasteiger partial charge on any atom is -0.387 e. The van der Waals surface area contributed by atoms with E-state index in [1.165, 1.54) is 17.2 Å². The fourth-order valence-corrected chi connectivity index (χ4v) is 2.79. The summed E-state index contributed by atoms with van der Waals surface area (Å²) in [7, 11) is -3.72. The molecule has 0 spiro atoms. The number of aliphatic hydroxyl groups is 2. The van der Waals surface area contributed by atoms with Crippen molar-refractivity contribution in [2.45, 2.75) is 24.5 Å². The average molecular weight is 345 g/mol. The molecule has 12 heteroatoms. The number of imidazole rings is 1. The average Bonchev–Trinajstić information content (AvgIpc) is 3.01. The third kappa shape index (κ3) is 3.07. The van der Waals surface area contributed by atoms with Crippen molar-refractivity contribution in [2.75, 3.05) is 19.0 Å². The van der Waals surface area contributed by atoms with Gasteiger partial charge >= 0.3 is 7.60 Å². The molecule has 3 heterocycles. The fourth-order valence-electron chi connectivity index (χ4n) is 2.36. The van der Waals surface area contributed by atoms with E-state index in [1.54, 1.807) is 0 Å². The van der Waals surface area contributed by atoms with E-state index in [9.17, 15) is 14.8 Å². The molecule has 0 saturated carbocycles. The summed E-state index contributed by atoms with van der Waals surface area (Å²) in [6.07, 6.45) is -1.97. The molecule has 2 aromatic heterocycles. The summed E-state index contributed by atoms with van der Waals surface area (Å²) in [5.74, 6) is 0.175. The van der Waals surface area contributed by atoms with E-state index >= 15 is 0 Å². The number of aromatic nitrogens is 4. The Morgan fingerprint density at radius 1 is 1.39 bits per heavy atom. The second-order valence-corrected chi connectivity index (χ2v) is 7.09. The summed E-state index contributed by atoms with van der Waals surface area (Å²) in [6.45, 7) is 0.675. The lowest BCUT2D eigenvalue weighted by Crippen LogP contribution is -2.33. The zero-order chi connectivity index (χ0) is 16.8. The molecule has 11 nitrogen and oxygen atoms in total. The molecule has 2 aromatic rings. The Kier molecular flexibility index (Phi) is 4.08. The van der Waals surface area contributed by atoms with Gasteiger partial charge in [0.25, 0.3) is 0 Å². The van der Waals surface area contributed by atoms with Crippen LogP contribution >= 0.6 is 7.60 Å². The van der Waals surface area contributed by atoms with E-state index in [0.29, 0.717) is 11.2 Å². The van der Waals surface area contributed by atoms with Crippen LogP contribution in [0.2, 0.25) is 0 Å². The predicted molar refractivity (Wildman–Crippen MR) is 77.4 cm³/mol. The Hall–Kier alpha value is -1.62. The van der Waals surface area contributed by atoms with E-state index in [-0.39, 0.29) is 12.4 Å². The maximum Gasteiger partial charge on any atom is 0.325 e. The van der Waals surface area contributed by atoms with Crippen molar-refractivity contribution in [2.24, 2.45) is 0 Å². The summed E-state index contributed by atoms with van der Waals surface area (Å²) < 4.78 is 22.9. The highest BCUT2D eigenvalue weighted by molar-refractivity contribution is 7.51. The molecule has 5 unspecified atom stereocenters. The zero-order valence-corrected chi connectivity index (χ0v) is 12.9. The molecular weight excluding hydrogens is 329 g/mol. The maximum absolute atomic E-state index is 11.2. The summed E-state index contributed by atoms with van der Waals surface area (Å²) >= 11 is 0. The van der Waals surface area contributed by atoms with Crippen LogP contribution in [-0.2, 0) is 13.8 Å². The van der Waals surface area contributed by atoms with Crippen molar-refractivity contribution in [1.29, 1.82) is 0 Å². The molecule has 1 fully saturated rings. The van der Waals surface area contributed by atoms with Crippen LogP contribution in [0.4, 0.5) is 5.82 Å². The third-order valence-corrected chi connectivity index (χ3v) is 4.10. The minimum absolute atomic E-state index is 0.175. The molecule has 0 aliphatic carbocycles. The third-order valence-electron chi connectivity index (χ3n) is 3.48. The zero-order valence-electron chi connectivity index (χ0n) is 12.1. The van der Waals surface area contributed by atoms with Gasteiger partial charge in [-0.3, -0.25) is 9.13 Å². The van der Waals surface area contributed by atoms with Crippen molar-refractivity contribution in [3.63, 3.8) is 0 Å². The SMILES string of the molecule is CP(=O)(O)OCC1OC(n2cnc3c(N)ncnc32)C(O)C1O. The predicted octanol–water partition coefficient (Wildman–Crippen LogP) is -1.14. The first-order chi connectivity index (χ1) is 10.8. The topological polar surface area (TPSA) is 166 Å². The molecule has 126 valence electrons. The number of ether oxygens (including phenoxy) is 1. The summed E-state index contributed by atoms with van der Waals surface area (Å²) in [6, 6.07) is 0. The smallest absolute Gasteiger partial charge is 0.325 e. The molecule has 0 aromatic carbocycles. The van der Waals surface area contributed by atoms with Crippen LogP contribution < -0.4 is 5.73 Å². The van der Waals surface area contributed by atoms with Crippen LogP contribution in [0.3, 0.4) is 0 Å². The van der Waals surface area contributed by atoms with Gasteiger partial charge in [0.15, 0.2) is 17.7 Å². The monoisotopic (exact) mass is 345 g/mol. The van der Waals surface area contributed by atoms with Gasteiger partial charge in [-0.2, -0.15) is 0 Å². The number of aliphatic hydroxyl groups excluding tert-OH is 2. The second-order valence-electron chi connectivity index (χ2n) is 5.23. The Balaban J connectivity index is 1.85. The van der Waals surface area contributed by atoms with Crippen LogP contribution in [0, 0.1) is 0 Å². The van der Waals surface area contributed by atoms with Gasteiger partial charge in [-0.25, -0.2) is 15.0 Å². The summed E-state index contributed by atoms with van der Waals surface area (Å²) in [4.78, 5) is 21.0. The number of hydrogen-bond acceptors (Lipinski definition) is 9. The van der Waals surface area contributed by atoms with Gasteiger partial charge in [0.05, 0.1) is 12.9 Å².